The smallest absolute Gasteiger partial charge is 0.263 e. The summed E-state index contributed by atoms with van der Waals surface area (Å²) in [4.78, 5) is 15.5. The van der Waals surface area contributed by atoms with Crippen LogP contribution in [0.2, 0.25) is 0 Å². The van der Waals surface area contributed by atoms with Gasteiger partial charge in [-0.2, -0.15) is 0 Å². The fraction of sp³-hybridized carbons (Fsp3) is 0.231. The molecule has 0 aliphatic rings. The van der Waals surface area contributed by atoms with Crippen LogP contribution in [-0.4, -0.2) is 18.0 Å². The molecule has 2 aromatic heterocycles. The Bertz CT molecular complexity index is 802. The van der Waals surface area contributed by atoms with Gasteiger partial charge in [0.1, 0.15) is 4.90 Å². The van der Waals surface area contributed by atoms with Crippen molar-refractivity contribution in [3.8, 4) is 0 Å². The number of pyridine rings is 2. The fourth-order valence-electron chi connectivity index (χ4n) is 1.76. The summed E-state index contributed by atoms with van der Waals surface area (Å²) in [6, 6.07) is 4.24. The Morgan fingerprint density at radius 3 is 2.76 bits per heavy atom. The van der Waals surface area contributed by atoms with Crippen molar-refractivity contribution >= 4 is 31.6 Å². The molecule has 0 aromatic carbocycles. The monoisotopic (exact) mass is 371 g/mol. The van der Waals surface area contributed by atoms with E-state index in [1.807, 2.05) is 6.92 Å². The summed E-state index contributed by atoms with van der Waals surface area (Å²) < 4.78 is 29.0. The molecule has 8 heteroatoms. The van der Waals surface area contributed by atoms with E-state index in [0.29, 0.717) is 16.7 Å². The van der Waals surface area contributed by atoms with Crippen LogP contribution in [0.5, 0.6) is 0 Å². The maximum Gasteiger partial charge on any atom is 0.263 e. The molecular weight excluding hydrogens is 358 g/mol. The van der Waals surface area contributed by atoms with E-state index in [4.69, 9.17) is 0 Å². The third-order valence-corrected chi connectivity index (χ3v) is 4.47. The first kappa shape index (κ1) is 15.7. The number of nitrogens with one attached hydrogen (secondary N) is 1. The van der Waals surface area contributed by atoms with Gasteiger partial charge in [0.05, 0.1) is 5.69 Å². The second kappa shape index (κ2) is 6.40. The van der Waals surface area contributed by atoms with E-state index in [1.54, 1.807) is 0 Å². The Hall–Kier alpha value is -1.67. The van der Waals surface area contributed by atoms with Crippen LogP contribution >= 0.6 is 15.9 Å². The van der Waals surface area contributed by atoms with Gasteiger partial charge in [-0.15, -0.1) is 0 Å². The number of anilines is 1. The zero-order valence-corrected chi connectivity index (χ0v) is 13.7. The van der Waals surface area contributed by atoms with Gasteiger partial charge in [-0.1, -0.05) is 6.92 Å². The minimum absolute atomic E-state index is 0.0464. The largest absolute Gasteiger partial charge is 0.313 e. The quantitative estimate of drug-likeness (QED) is 0.873. The third kappa shape index (κ3) is 3.92. The van der Waals surface area contributed by atoms with Gasteiger partial charge >= 0.3 is 0 Å². The molecule has 0 radical (unpaired) electrons. The molecule has 21 heavy (non-hydrogen) atoms. The molecule has 2 heterocycles. The first-order chi connectivity index (χ1) is 9.92. The molecule has 0 bridgehead atoms. The molecule has 0 aliphatic carbocycles. The third-order valence-electron chi connectivity index (χ3n) is 2.69. The van der Waals surface area contributed by atoms with E-state index >= 15 is 0 Å². The number of aryl methyl sites for hydroxylation is 1. The first-order valence-corrected chi connectivity index (χ1v) is 8.54. The van der Waals surface area contributed by atoms with Crippen LogP contribution in [0.15, 0.2) is 51.0 Å². The van der Waals surface area contributed by atoms with Crippen LogP contribution in [0.3, 0.4) is 0 Å². The maximum atomic E-state index is 12.2. The number of nitrogens with zero attached hydrogens (tertiary/aromatic N) is 2. The Kier molecular flexibility index (Phi) is 4.79. The van der Waals surface area contributed by atoms with E-state index in [2.05, 4.69) is 25.6 Å². The van der Waals surface area contributed by atoms with Gasteiger partial charge in [0.25, 0.3) is 15.6 Å². The minimum Gasteiger partial charge on any atom is -0.313 e. The molecule has 0 unspecified atom stereocenters. The van der Waals surface area contributed by atoms with E-state index < -0.39 is 10.0 Å². The highest BCUT2D eigenvalue weighted by Gasteiger charge is 2.15. The van der Waals surface area contributed by atoms with Crippen molar-refractivity contribution in [3.05, 3.63) is 51.6 Å². The predicted molar refractivity (Wildman–Crippen MR) is 83.7 cm³/mol. The van der Waals surface area contributed by atoms with Crippen molar-refractivity contribution in [1.82, 2.24) is 9.55 Å². The summed E-state index contributed by atoms with van der Waals surface area (Å²) in [5.41, 5.74) is 0.173. The fourth-order valence-corrected chi connectivity index (χ4v) is 3.31. The molecule has 0 saturated heterocycles. The molecule has 0 spiro atoms. The standard InChI is InChI=1S/C13H14BrN3O3S/c1-2-5-17-9-11(3-4-13(17)18)16-21(19,20)12-6-10(14)7-15-8-12/h3-4,6-9,16H,2,5H2,1H3. The number of rotatable bonds is 5. The summed E-state index contributed by atoms with van der Waals surface area (Å²) in [5.74, 6) is 0. The lowest BCUT2D eigenvalue weighted by Crippen LogP contribution is -2.20. The highest BCUT2D eigenvalue weighted by atomic mass is 79.9. The Labute approximate surface area is 131 Å². The van der Waals surface area contributed by atoms with Crippen molar-refractivity contribution in [1.29, 1.82) is 0 Å². The molecule has 2 rings (SSSR count). The molecule has 0 aliphatic heterocycles. The van der Waals surface area contributed by atoms with Crippen molar-refractivity contribution in [2.24, 2.45) is 0 Å². The van der Waals surface area contributed by atoms with Gasteiger partial charge in [0.15, 0.2) is 0 Å². The van der Waals surface area contributed by atoms with E-state index in [9.17, 15) is 13.2 Å². The molecule has 0 saturated carbocycles. The topological polar surface area (TPSA) is 81.1 Å². The summed E-state index contributed by atoms with van der Waals surface area (Å²) in [6.07, 6.45) is 5.04. The van der Waals surface area contributed by atoms with Gasteiger partial charge in [0, 0.05) is 35.7 Å². The lowest BCUT2D eigenvalue weighted by molar-refractivity contribution is 0.600. The zero-order valence-electron chi connectivity index (χ0n) is 11.3. The van der Waals surface area contributed by atoms with Crippen LogP contribution < -0.4 is 10.3 Å². The average Bonchev–Trinajstić information content (AvgIpc) is 2.42. The summed E-state index contributed by atoms with van der Waals surface area (Å²) >= 11 is 3.18. The van der Waals surface area contributed by atoms with Gasteiger partial charge in [-0.3, -0.25) is 14.5 Å². The second-order valence-corrected chi connectivity index (χ2v) is 6.99. The number of hydrogen-bond donors (Lipinski definition) is 1. The van der Waals surface area contributed by atoms with E-state index in [0.717, 1.165) is 6.42 Å². The molecule has 2 aromatic rings. The summed E-state index contributed by atoms with van der Waals surface area (Å²) in [6.45, 7) is 2.48. The Morgan fingerprint density at radius 2 is 2.10 bits per heavy atom. The number of aromatic nitrogens is 2. The van der Waals surface area contributed by atoms with Gasteiger partial charge in [-0.25, -0.2) is 8.42 Å². The van der Waals surface area contributed by atoms with Crippen LogP contribution in [0.1, 0.15) is 13.3 Å². The normalized spacial score (nSPS) is 11.3. The Morgan fingerprint density at radius 1 is 1.33 bits per heavy atom. The number of sulfonamides is 1. The molecule has 0 fully saturated rings. The second-order valence-electron chi connectivity index (χ2n) is 4.39. The molecule has 1 N–H and O–H groups in total. The summed E-state index contributed by atoms with van der Waals surface area (Å²) in [5, 5.41) is 0. The van der Waals surface area contributed by atoms with Gasteiger partial charge < -0.3 is 4.57 Å². The van der Waals surface area contributed by atoms with Crippen LogP contribution in [0.25, 0.3) is 0 Å². The first-order valence-electron chi connectivity index (χ1n) is 6.26. The number of hydrogen-bond acceptors (Lipinski definition) is 4. The molecular formula is C13H14BrN3O3S. The molecule has 0 atom stereocenters. The van der Waals surface area contributed by atoms with Crippen molar-refractivity contribution in [2.75, 3.05) is 4.72 Å². The highest BCUT2D eigenvalue weighted by molar-refractivity contribution is 9.10. The molecule has 6 nitrogen and oxygen atoms in total. The number of halogens is 1. The van der Waals surface area contributed by atoms with Crippen molar-refractivity contribution in [3.63, 3.8) is 0 Å². The average molecular weight is 372 g/mol. The summed E-state index contributed by atoms with van der Waals surface area (Å²) in [7, 11) is -3.74. The maximum absolute atomic E-state index is 12.2. The van der Waals surface area contributed by atoms with Crippen molar-refractivity contribution < 1.29 is 8.42 Å². The molecule has 112 valence electrons. The van der Waals surface area contributed by atoms with Gasteiger partial charge in [-0.05, 0) is 34.5 Å². The zero-order chi connectivity index (χ0) is 15.5. The van der Waals surface area contributed by atoms with Crippen LogP contribution in [-0.2, 0) is 16.6 Å². The van der Waals surface area contributed by atoms with Crippen molar-refractivity contribution in [2.45, 2.75) is 24.8 Å². The highest BCUT2D eigenvalue weighted by Crippen LogP contribution is 2.17. The van der Waals surface area contributed by atoms with E-state index in [1.165, 1.54) is 41.4 Å². The molecule has 0 amide bonds. The lowest BCUT2D eigenvalue weighted by Gasteiger charge is -2.10. The minimum atomic E-state index is -3.74. The van der Waals surface area contributed by atoms with Gasteiger partial charge in [0.2, 0.25) is 0 Å². The Balaban J connectivity index is 2.33. The van der Waals surface area contributed by atoms with Crippen LogP contribution in [0.4, 0.5) is 5.69 Å². The predicted octanol–water partition coefficient (Wildman–Crippen LogP) is 2.22. The van der Waals surface area contributed by atoms with E-state index in [-0.39, 0.29) is 10.5 Å². The SMILES string of the molecule is CCCn1cc(NS(=O)(=O)c2cncc(Br)c2)ccc1=O. The lowest BCUT2D eigenvalue weighted by atomic mass is 10.4. The van der Waals surface area contributed by atoms with Crippen LogP contribution in [0, 0.1) is 0 Å².